The van der Waals surface area contributed by atoms with Crippen LogP contribution in [0.2, 0.25) is 10.0 Å². The van der Waals surface area contributed by atoms with E-state index in [0.29, 0.717) is 16.3 Å². The lowest BCUT2D eigenvalue weighted by Crippen LogP contribution is -2.02. The first-order valence-corrected chi connectivity index (χ1v) is 6.33. The molecule has 0 unspecified atom stereocenters. The Hall–Kier alpha value is -1.29. The fraction of sp³-hybridized carbons (Fsp3) is 0.143. The van der Waals surface area contributed by atoms with Crippen molar-refractivity contribution in [1.29, 1.82) is 0 Å². The van der Waals surface area contributed by atoms with Crippen molar-refractivity contribution >= 4 is 23.2 Å². The van der Waals surface area contributed by atoms with E-state index in [1.165, 1.54) is 12.1 Å². The minimum Gasteiger partial charge on any atom is -0.487 e. The molecule has 0 radical (unpaired) electrons. The van der Waals surface area contributed by atoms with Crippen LogP contribution in [0.1, 0.15) is 11.1 Å². The summed E-state index contributed by atoms with van der Waals surface area (Å²) in [5.74, 6) is -0.101. The van der Waals surface area contributed by atoms with Crippen molar-refractivity contribution in [2.24, 2.45) is 0 Å². The molecule has 2 nitrogen and oxygen atoms in total. The summed E-state index contributed by atoms with van der Waals surface area (Å²) in [5, 5.41) is 9.86. The molecule has 5 heteroatoms. The number of rotatable bonds is 4. The average Bonchev–Trinajstić information content (AvgIpc) is 2.39. The van der Waals surface area contributed by atoms with Gasteiger partial charge in [0, 0.05) is 11.1 Å². The van der Waals surface area contributed by atoms with Crippen LogP contribution in [0.3, 0.4) is 0 Å². The Labute approximate surface area is 120 Å². The molecule has 0 aliphatic heterocycles. The summed E-state index contributed by atoms with van der Waals surface area (Å²) in [5.41, 5.74) is 0.799. The molecular weight excluding hydrogens is 290 g/mol. The first-order valence-electron chi connectivity index (χ1n) is 5.57. The van der Waals surface area contributed by atoms with Crippen LogP contribution in [-0.4, -0.2) is 5.11 Å². The minimum atomic E-state index is -0.440. The molecule has 0 heterocycles. The summed E-state index contributed by atoms with van der Waals surface area (Å²) in [7, 11) is 0. The summed E-state index contributed by atoms with van der Waals surface area (Å²) < 4.78 is 19.1. The van der Waals surface area contributed by atoms with Crippen LogP contribution >= 0.6 is 23.2 Å². The van der Waals surface area contributed by atoms with E-state index in [1.54, 1.807) is 24.3 Å². The lowest BCUT2D eigenvalue weighted by atomic mass is 10.2. The van der Waals surface area contributed by atoms with Crippen LogP contribution in [0.5, 0.6) is 5.75 Å². The van der Waals surface area contributed by atoms with E-state index in [1.807, 2.05) is 0 Å². The van der Waals surface area contributed by atoms with Gasteiger partial charge in [0.25, 0.3) is 0 Å². The highest BCUT2D eigenvalue weighted by molar-refractivity contribution is 6.32. The van der Waals surface area contributed by atoms with E-state index < -0.39 is 5.82 Å². The minimum absolute atomic E-state index is 0.0533. The Morgan fingerprint density at radius 2 is 1.74 bits per heavy atom. The molecule has 0 atom stereocenters. The van der Waals surface area contributed by atoms with Gasteiger partial charge in [0.05, 0.1) is 16.7 Å². The summed E-state index contributed by atoms with van der Waals surface area (Å²) in [6, 6.07) is 9.45. The second-order valence-corrected chi connectivity index (χ2v) is 4.69. The van der Waals surface area contributed by atoms with E-state index in [0.717, 1.165) is 0 Å². The van der Waals surface area contributed by atoms with Gasteiger partial charge in [-0.2, -0.15) is 0 Å². The quantitative estimate of drug-likeness (QED) is 0.917. The number of benzene rings is 2. The zero-order valence-electron chi connectivity index (χ0n) is 9.87. The van der Waals surface area contributed by atoms with Crippen LogP contribution in [-0.2, 0) is 13.2 Å². The van der Waals surface area contributed by atoms with Crippen molar-refractivity contribution in [2.45, 2.75) is 13.2 Å². The van der Waals surface area contributed by atoms with E-state index >= 15 is 0 Å². The maximum Gasteiger partial charge on any atom is 0.143 e. The molecule has 0 fully saturated rings. The predicted molar refractivity (Wildman–Crippen MR) is 73.1 cm³/mol. The predicted octanol–water partition coefficient (Wildman–Crippen LogP) is 4.20. The van der Waals surface area contributed by atoms with Crippen molar-refractivity contribution < 1.29 is 14.2 Å². The van der Waals surface area contributed by atoms with Gasteiger partial charge in [-0.25, -0.2) is 4.39 Å². The van der Waals surface area contributed by atoms with Crippen LogP contribution < -0.4 is 4.74 Å². The molecule has 0 amide bonds. The van der Waals surface area contributed by atoms with Gasteiger partial charge in [-0.15, -0.1) is 0 Å². The van der Waals surface area contributed by atoms with Crippen LogP contribution in [0, 0.1) is 5.82 Å². The Balaban J connectivity index is 2.24. The van der Waals surface area contributed by atoms with E-state index in [4.69, 9.17) is 27.9 Å². The fourth-order valence-corrected chi connectivity index (χ4v) is 2.12. The number of halogens is 3. The number of hydrogen-bond donors (Lipinski definition) is 1. The molecule has 0 saturated carbocycles. The molecule has 0 saturated heterocycles. The molecule has 2 rings (SSSR count). The molecule has 0 aromatic heterocycles. The van der Waals surface area contributed by atoms with Gasteiger partial charge in [0.15, 0.2) is 0 Å². The SMILES string of the molecule is OCc1cccc(Cl)c1OCc1c(F)cccc1Cl. The van der Waals surface area contributed by atoms with Crippen molar-refractivity contribution in [3.05, 3.63) is 63.4 Å². The zero-order chi connectivity index (χ0) is 13.8. The van der Waals surface area contributed by atoms with E-state index in [2.05, 4.69) is 0 Å². The first kappa shape index (κ1) is 14.1. The van der Waals surface area contributed by atoms with Gasteiger partial charge in [-0.05, 0) is 18.2 Å². The third-order valence-corrected chi connectivity index (χ3v) is 3.29. The second-order valence-electron chi connectivity index (χ2n) is 3.88. The van der Waals surface area contributed by atoms with Crippen LogP contribution in [0.15, 0.2) is 36.4 Å². The van der Waals surface area contributed by atoms with Gasteiger partial charge in [-0.3, -0.25) is 0 Å². The highest BCUT2D eigenvalue weighted by atomic mass is 35.5. The molecule has 0 spiro atoms. The molecule has 1 N–H and O–H groups in total. The lowest BCUT2D eigenvalue weighted by molar-refractivity contribution is 0.257. The molecule has 2 aromatic rings. The Morgan fingerprint density at radius 1 is 1.05 bits per heavy atom. The number of ether oxygens (including phenoxy) is 1. The van der Waals surface area contributed by atoms with Gasteiger partial charge < -0.3 is 9.84 Å². The Kier molecular flexibility index (Phi) is 4.64. The van der Waals surface area contributed by atoms with Crippen LogP contribution in [0.25, 0.3) is 0 Å². The van der Waals surface area contributed by atoms with Crippen molar-refractivity contribution in [2.75, 3.05) is 0 Å². The van der Waals surface area contributed by atoms with Gasteiger partial charge in [-0.1, -0.05) is 41.4 Å². The van der Waals surface area contributed by atoms with Crippen molar-refractivity contribution in [1.82, 2.24) is 0 Å². The number of aliphatic hydroxyl groups is 1. The fourth-order valence-electron chi connectivity index (χ4n) is 1.65. The molecule has 2 aromatic carbocycles. The first-order chi connectivity index (χ1) is 9.13. The highest BCUT2D eigenvalue weighted by Gasteiger charge is 2.11. The second kappa shape index (κ2) is 6.24. The number of aliphatic hydroxyl groups excluding tert-OH is 1. The standard InChI is InChI=1S/C14H11Cl2FO2/c15-11-4-2-6-13(17)10(11)8-19-14-9(7-18)3-1-5-12(14)16/h1-6,18H,7-8H2. The molecule has 19 heavy (non-hydrogen) atoms. The molecule has 100 valence electrons. The summed E-state index contributed by atoms with van der Waals surface area (Å²) in [4.78, 5) is 0. The normalized spacial score (nSPS) is 10.5. The highest BCUT2D eigenvalue weighted by Crippen LogP contribution is 2.30. The maximum absolute atomic E-state index is 13.6. The topological polar surface area (TPSA) is 29.5 Å². The summed E-state index contributed by atoms with van der Waals surface area (Å²) in [6.45, 7) is -0.261. The third-order valence-electron chi connectivity index (χ3n) is 2.64. The lowest BCUT2D eigenvalue weighted by Gasteiger charge is -2.13. The number of hydrogen-bond acceptors (Lipinski definition) is 2. The van der Waals surface area contributed by atoms with Gasteiger partial charge >= 0.3 is 0 Å². The summed E-state index contributed by atoms with van der Waals surface area (Å²) in [6.07, 6.45) is 0. The Bertz CT molecular complexity index is 567. The number of para-hydroxylation sites is 1. The summed E-state index contributed by atoms with van der Waals surface area (Å²) >= 11 is 11.9. The molecule has 0 aliphatic rings. The zero-order valence-corrected chi connectivity index (χ0v) is 11.4. The largest absolute Gasteiger partial charge is 0.487 e. The van der Waals surface area contributed by atoms with Gasteiger partial charge in [0.2, 0.25) is 0 Å². The van der Waals surface area contributed by atoms with E-state index in [9.17, 15) is 9.50 Å². The monoisotopic (exact) mass is 300 g/mol. The van der Waals surface area contributed by atoms with Crippen molar-refractivity contribution in [3.8, 4) is 5.75 Å². The van der Waals surface area contributed by atoms with Crippen LogP contribution in [0.4, 0.5) is 4.39 Å². The third kappa shape index (κ3) is 3.18. The van der Waals surface area contributed by atoms with Gasteiger partial charge in [0.1, 0.15) is 18.2 Å². The molecule has 0 aliphatic carbocycles. The maximum atomic E-state index is 13.6. The molecule has 0 bridgehead atoms. The molecular formula is C14H11Cl2FO2. The van der Waals surface area contributed by atoms with Crippen molar-refractivity contribution in [3.63, 3.8) is 0 Å². The average molecular weight is 301 g/mol. The van der Waals surface area contributed by atoms with E-state index in [-0.39, 0.29) is 23.8 Å². The smallest absolute Gasteiger partial charge is 0.143 e. The Morgan fingerprint density at radius 3 is 2.42 bits per heavy atom.